The number of nitrogens with one attached hydrogen (secondary N) is 1. The summed E-state index contributed by atoms with van der Waals surface area (Å²) >= 11 is 11.9. The summed E-state index contributed by atoms with van der Waals surface area (Å²) in [6.45, 7) is 4.69. The van der Waals surface area contributed by atoms with Crippen LogP contribution in [0.5, 0.6) is 5.75 Å². The summed E-state index contributed by atoms with van der Waals surface area (Å²) in [5.41, 5.74) is 4.80. The summed E-state index contributed by atoms with van der Waals surface area (Å²) in [5.74, 6) is 0.485. The molecule has 0 radical (unpaired) electrons. The van der Waals surface area contributed by atoms with Gasteiger partial charge in [-0.2, -0.15) is 5.26 Å². The smallest absolute Gasteiger partial charge is 0.254 e. The van der Waals surface area contributed by atoms with Crippen LogP contribution in [0.25, 0.3) is 10.9 Å². The number of rotatable bonds is 6. The van der Waals surface area contributed by atoms with Crippen molar-refractivity contribution in [2.75, 3.05) is 26.3 Å². The highest BCUT2D eigenvalue weighted by Gasteiger charge is 2.26. The lowest BCUT2D eigenvalue weighted by Gasteiger charge is -2.31. The van der Waals surface area contributed by atoms with Gasteiger partial charge in [-0.15, -0.1) is 0 Å². The summed E-state index contributed by atoms with van der Waals surface area (Å²) in [5, 5.41) is 13.9. The van der Waals surface area contributed by atoms with Crippen LogP contribution in [0.1, 0.15) is 38.7 Å². The van der Waals surface area contributed by atoms with Gasteiger partial charge in [0.15, 0.2) is 0 Å². The molecule has 40 heavy (non-hydrogen) atoms. The first-order valence-corrected chi connectivity index (χ1v) is 14.0. The average Bonchev–Trinajstić information content (AvgIpc) is 2.98. The number of hydrogen-bond donors (Lipinski definition) is 1. The molecule has 1 amide bonds. The van der Waals surface area contributed by atoms with Crippen LogP contribution in [0.2, 0.25) is 5.02 Å². The summed E-state index contributed by atoms with van der Waals surface area (Å²) in [6, 6.07) is 21.2. The van der Waals surface area contributed by atoms with Crippen molar-refractivity contribution in [3.8, 4) is 11.8 Å². The van der Waals surface area contributed by atoms with E-state index >= 15 is 0 Å². The normalized spacial score (nSPS) is 16.8. The molecule has 1 saturated heterocycles. The van der Waals surface area contributed by atoms with Gasteiger partial charge in [-0.1, -0.05) is 48.1 Å². The van der Waals surface area contributed by atoms with Gasteiger partial charge in [0.25, 0.3) is 5.91 Å². The van der Waals surface area contributed by atoms with Crippen molar-refractivity contribution in [2.45, 2.75) is 25.7 Å². The second-order valence-corrected chi connectivity index (χ2v) is 10.9. The van der Waals surface area contributed by atoms with Crippen LogP contribution in [0.3, 0.4) is 0 Å². The molecule has 1 atom stereocenters. The third-order valence-corrected chi connectivity index (χ3v) is 8.03. The summed E-state index contributed by atoms with van der Waals surface area (Å²) in [6.07, 6.45) is 1.50. The number of carbonyl (C=O) groups excluding carboxylic acids is 1. The molecular weight excluding hydrogens is 544 g/mol. The molecule has 4 aromatic rings. The maximum Gasteiger partial charge on any atom is 0.254 e. The van der Waals surface area contributed by atoms with Crippen LogP contribution in [-0.2, 0) is 24.4 Å². The highest BCUT2D eigenvalue weighted by Crippen LogP contribution is 2.38. The van der Waals surface area contributed by atoms with Gasteiger partial charge in [0.1, 0.15) is 11.9 Å². The number of halogens is 1. The van der Waals surface area contributed by atoms with E-state index in [1.165, 1.54) is 0 Å². The number of hydrogen-bond acceptors (Lipinski definition) is 6. The van der Waals surface area contributed by atoms with Crippen LogP contribution in [0.4, 0.5) is 0 Å². The number of pyridine rings is 1. The first-order valence-electron chi connectivity index (χ1n) is 13.2. The highest BCUT2D eigenvalue weighted by molar-refractivity contribution is 7.71. The Bertz CT molecular complexity index is 1690. The Morgan fingerprint density at radius 2 is 1.90 bits per heavy atom. The van der Waals surface area contributed by atoms with Crippen LogP contribution in [-0.4, -0.2) is 41.7 Å². The molecule has 3 heterocycles. The van der Waals surface area contributed by atoms with Gasteiger partial charge in [0, 0.05) is 42.8 Å². The van der Waals surface area contributed by atoms with E-state index in [1.54, 1.807) is 18.2 Å². The number of aromatic nitrogens is 1. The van der Waals surface area contributed by atoms with Crippen molar-refractivity contribution in [2.24, 2.45) is 0 Å². The summed E-state index contributed by atoms with van der Waals surface area (Å²) in [7, 11) is 0. The quantitative estimate of drug-likeness (QED) is 0.296. The predicted octanol–water partition coefficient (Wildman–Crippen LogP) is 5.79. The van der Waals surface area contributed by atoms with Gasteiger partial charge < -0.3 is 19.4 Å². The van der Waals surface area contributed by atoms with E-state index in [2.05, 4.69) is 33.0 Å². The van der Waals surface area contributed by atoms with Gasteiger partial charge in [-0.25, -0.2) is 0 Å². The van der Waals surface area contributed by atoms with E-state index in [4.69, 9.17) is 33.3 Å². The molecule has 9 heteroatoms. The van der Waals surface area contributed by atoms with Gasteiger partial charge >= 0.3 is 0 Å². The Morgan fingerprint density at radius 3 is 2.67 bits per heavy atom. The zero-order valence-corrected chi connectivity index (χ0v) is 23.3. The number of morpholine rings is 1. The van der Waals surface area contributed by atoms with Gasteiger partial charge in [0.2, 0.25) is 0 Å². The molecule has 1 fully saturated rings. The molecule has 3 aromatic carbocycles. The number of carbonyl (C=O) groups is 1. The van der Waals surface area contributed by atoms with Crippen LogP contribution in [0, 0.1) is 15.8 Å². The molecule has 2 aliphatic rings. The molecule has 1 aromatic heterocycles. The number of benzene rings is 3. The third-order valence-electron chi connectivity index (χ3n) is 7.34. The molecule has 0 spiro atoms. The summed E-state index contributed by atoms with van der Waals surface area (Å²) in [4.78, 5) is 15.8. The minimum atomic E-state index is -0.325. The van der Waals surface area contributed by atoms with Crippen molar-refractivity contribution in [1.82, 2.24) is 14.8 Å². The molecular formula is C31H27ClN4O3S. The standard InChI is InChI=1S/C31H27ClN4O3S/c32-24-6-4-20(5-7-24)16-34-31(37)26-18-36-19-28(23-3-1-2-21(12-23)15-33)39-27-14-22(13-25(29(27)36)30(26)40)17-35-8-10-38-11-9-35/h1-7,12-14,18,28H,8-11,16-17,19H2,(H,34,37). The average molecular weight is 571 g/mol. The topological polar surface area (TPSA) is 79.5 Å². The minimum Gasteiger partial charge on any atom is -0.482 e. The van der Waals surface area contributed by atoms with Crippen molar-refractivity contribution in [3.05, 3.63) is 104 Å². The lowest BCUT2D eigenvalue weighted by atomic mass is 10.0. The lowest BCUT2D eigenvalue weighted by Crippen LogP contribution is -2.35. The lowest BCUT2D eigenvalue weighted by molar-refractivity contribution is 0.0341. The number of ether oxygens (including phenoxy) is 2. The van der Waals surface area contributed by atoms with Gasteiger partial charge in [-0.05, 0) is 53.1 Å². The highest BCUT2D eigenvalue weighted by atomic mass is 35.5. The Hall–Kier alpha value is -3.74. The van der Waals surface area contributed by atoms with Crippen LogP contribution < -0.4 is 10.1 Å². The maximum atomic E-state index is 13.5. The molecule has 0 saturated carbocycles. The van der Waals surface area contributed by atoms with E-state index in [0.29, 0.717) is 47.0 Å². The van der Waals surface area contributed by atoms with Gasteiger partial charge in [-0.3, -0.25) is 9.69 Å². The Morgan fingerprint density at radius 1 is 1.10 bits per heavy atom. The van der Waals surface area contributed by atoms with Crippen LogP contribution in [0.15, 0.2) is 66.9 Å². The fourth-order valence-corrected chi connectivity index (χ4v) is 5.72. The van der Waals surface area contributed by atoms with Crippen molar-refractivity contribution >= 4 is 40.6 Å². The Balaban J connectivity index is 1.39. The van der Waals surface area contributed by atoms with E-state index < -0.39 is 0 Å². The van der Waals surface area contributed by atoms with E-state index in [0.717, 1.165) is 53.0 Å². The van der Waals surface area contributed by atoms with Crippen molar-refractivity contribution in [3.63, 3.8) is 0 Å². The predicted molar refractivity (Wildman–Crippen MR) is 156 cm³/mol. The number of nitriles is 1. The molecule has 1 unspecified atom stereocenters. The zero-order valence-electron chi connectivity index (χ0n) is 21.7. The SMILES string of the molecule is N#Cc1cccc(C2Cn3cc(C(=O)NCc4ccc(Cl)cc4)c(=S)c4cc(CN5CCOCC5)cc(c43)O2)c1. The second kappa shape index (κ2) is 11.4. The monoisotopic (exact) mass is 570 g/mol. The first kappa shape index (κ1) is 26.5. The molecule has 0 aliphatic carbocycles. The van der Waals surface area contributed by atoms with Gasteiger partial charge in [0.05, 0.1) is 47.0 Å². The maximum absolute atomic E-state index is 13.5. The van der Waals surface area contributed by atoms with Crippen molar-refractivity contribution in [1.29, 1.82) is 5.26 Å². The first-order chi connectivity index (χ1) is 19.5. The van der Waals surface area contributed by atoms with Crippen molar-refractivity contribution < 1.29 is 14.3 Å². The Labute approximate surface area is 242 Å². The second-order valence-electron chi connectivity index (χ2n) is 10.1. The zero-order chi connectivity index (χ0) is 27.6. The molecule has 1 N–H and O–H groups in total. The van der Waals surface area contributed by atoms with E-state index in [-0.39, 0.29) is 12.0 Å². The largest absolute Gasteiger partial charge is 0.482 e. The minimum absolute atomic E-state index is 0.236. The molecule has 0 bridgehead atoms. The molecule has 6 rings (SSSR count). The fourth-order valence-electron chi connectivity index (χ4n) is 5.29. The molecule has 202 valence electrons. The number of nitrogens with zero attached hydrogens (tertiary/aromatic N) is 3. The molecule has 2 aliphatic heterocycles. The fraction of sp³-hybridized carbons (Fsp3) is 0.258. The van der Waals surface area contributed by atoms with E-state index in [1.807, 2.05) is 36.5 Å². The summed E-state index contributed by atoms with van der Waals surface area (Å²) < 4.78 is 14.6. The number of amides is 1. The van der Waals surface area contributed by atoms with E-state index in [9.17, 15) is 10.1 Å². The third kappa shape index (κ3) is 5.47. The van der Waals surface area contributed by atoms with Crippen LogP contribution >= 0.6 is 23.8 Å². The Kier molecular flexibility index (Phi) is 7.55. The molecule has 7 nitrogen and oxygen atoms in total.